The zero-order chi connectivity index (χ0) is 30.7. The van der Waals surface area contributed by atoms with Crippen molar-refractivity contribution in [1.82, 2.24) is 4.98 Å². The molecule has 0 fully saturated rings. The normalized spacial score (nSPS) is 13.4. The number of rotatable bonds is 4. The second-order valence-electron chi connectivity index (χ2n) is 11.5. The highest BCUT2D eigenvalue weighted by molar-refractivity contribution is 7.86. The molecule has 6 aromatic carbocycles. The molecule has 9 rings (SSSR count). The molecule has 2 aliphatic heterocycles. The molecule has 2 aliphatic rings. The van der Waals surface area contributed by atoms with Crippen molar-refractivity contribution in [2.75, 3.05) is 0 Å². The maximum Gasteiger partial charge on any atom is 0.185 e. The Hall–Kier alpha value is -5.70. The van der Waals surface area contributed by atoms with Gasteiger partial charge in [-0.15, -0.1) is 0 Å². The summed E-state index contributed by atoms with van der Waals surface area (Å²) < 4.78 is 29.1. The highest BCUT2D eigenvalue weighted by Crippen LogP contribution is 2.59. The lowest BCUT2D eigenvalue weighted by molar-refractivity contribution is 0.462. The second kappa shape index (κ2) is 10.4. The monoisotopic (exact) mass is 611 g/mol. The van der Waals surface area contributed by atoms with Gasteiger partial charge in [-0.3, -0.25) is 4.98 Å². The zero-order valence-electron chi connectivity index (χ0n) is 24.6. The minimum absolute atomic E-state index is 0.551. The van der Waals surface area contributed by atoms with Gasteiger partial charge in [-0.2, -0.15) is 0 Å². The van der Waals surface area contributed by atoms with E-state index in [-0.39, 0.29) is 0 Å². The Labute approximate surface area is 266 Å². The largest absolute Gasteiger partial charge is 0.456 e. The molecule has 3 heterocycles. The fourth-order valence-electron chi connectivity index (χ4n) is 6.55. The van der Waals surface area contributed by atoms with Crippen LogP contribution in [0.1, 0.15) is 0 Å². The quantitative estimate of drug-likeness (QED) is 0.186. The smallest absolute Gasteiger partial charge is 0.185 e. The van der Waals surface area contributed by atoms with Crippen LogP contribution >= 0.6 is 7.14 Å². The van der Waals surface area contributed by atoms with E-state index in [2.05, 4.69) is 47.4 Å². The van der Waals surface area contributed by atoms with E-state index < -0.39 is 7.14 Å². The van der Waals surface area contributed by atoms with E-state index in [0.717, 1.165) is 44.6 Å². The van der Waals surface area contributed by atoms with Crippen molar-refractivity contribution in [3.05, 3.63) is 158 Å². The molecule has 7 aromatic rings. The molecule has 0 atom stereocenters. The lowest BCUT2D eigenvalue weighted by Gasteiger charge is -2.35. The number of benzene rings is 6. The average Bonchev–Trinajstić information content (AvgIpc) is 3.12. The number of aromatic nitrogens is 1. The van der Waals surface area contributed by atoms with Crippen LogP contribution in [0.15, 0.2) is 158 Å². The van der Waals surface area contributed by atoms with Gasteiger partial charge in [-0.1, -0.05) is 97.1 Å². The molecular formula is C41H26NO3P. The first kappa shape index (κ1) is 26.7. The number of pyridine rings is 1. The van der Waals surface area contributed by atoms with Gasteiger partial charge in [0, 0.05) is 11.8 Å². The first-order valence-electron chi connectivity index (χ1n) is 15.2. The minimum Gasteiger partial charge on any atom is -0.456 e. The standard InChI is InChI=1S/C41H26NO3P/c43-46-39-19-17-30(27-10-3-1-4-11-27)23-35(39)44-37-25-33(29-14-9-15-32(22-29)34-16-7-8-21-42-34)26-38(41(37)46)45-36-24-31(18-20-40(36)46)28-12-5-2-6-13-28/h1-26H. The van der Waals surface area contributed by atoms with Crippen molar-refractivity contribution in [2.24, 2.45) is 0 Å². The summed E-state index contributed by atoms with van der Waals surface area (Å²) in [6, 6.07) is 50.5. The lowest BCUT2D eigenvalue weighted by atomic mass is 10.0. The van der Waals surface area contributed by atoms with Crippen LogP contribution in [-0.4, -0.2) is 4.98 Å². The van der Waals surface area contributed by atoms with Gasteiger partial charge in [0.2, 0.25) is 0 Å². The highest BCUT2D eigenvalue weighted by Gasteiger charge is 2.46. The van der Waals surface area contributed by atoms with Gasteiger partial charge in [0.1, 0.15) is 28.3 Å². The van der Waals surface area contributed by atoms with Crippen molar-refractivity contribution in [3.8, 4) is 67.6 Å². The summed E-state index contributed by atoms with van der Waals surface area (Å²) in [6.07, 6.45) is 1.80. The van der Waals surface area contributed by atoms with Gasteiger partial charge in [-0.05, 0) is 88.0 Å². The molecule has 0 N–H and O–H groups in total. The summed E-state index contributed by atoms with van der Waals surface area (Å²) in [5.41, 5.74) is 7.93. The molecule has 0 bridgehead atoms. The first-order chi connectivity index (χ1) is 22.6. The van der Waals surface area contributed by atoms with Crippen molar-refractivity contribution < 1.29 is 14.0 Å². The van der Waals surface area contributed by atoms with E-state index in [4.69, 9.17) is 9.47 Å². The summed E-state index contributed by atoms with van der Waals surface area (Å²) in [5, 5.41) is 1.97. The Balaban J connectivity index is 1.25. The van der Waals surface area contributed by atoms with E-state index in [1.165, 1.54) is 0 Å². The van der Waals surface area contributed by atoms with Gasteiger partial charge < -0.3 is 14.0 Å². The van der Waals surface area contributed by atoms with E-state index in [1.54, 1.807) is 6.20 Å². The number of fused-ring (bicyclic) bond motifs is 4. The first-order valence-corrected chi connectivity index (χ1v) is 16.9. The predicted octanol–water partition coefficient (Wildman–Crippen LogP) is 9.60. The molecule has 4 nitrogen and oxygen atoms in total. The van der Waals surface area contributed by atoms with Crippen LogP contribution in [0.5, 0.6) is 23.0 Å². The second-order valence-corrected chi connectivity index (χ2v) is 14.2. The van der Waals surface area contributed by atoms with Crippen LogP contribution in [0, 0.1) is 0 Å². The molecular weight excluding hydrogens is 585 g/mol. The third-order valence-electron chi connectivity index (χ3n) is 8.76. The third kappa shape index (κ3) is 4.23. The predicted molar refractivity (Wildman–Crippen MR) is 186 cm³/mol. The summed E-state index contributed by atoms with van der Waals surface area (Å²) in [4.78, 5) is 4.55. The molecule has 0 amide bonds. The SMILES string of the molecule is O=P12c3ccc(-c4ccccc4)cc3Oc3cc(-c4cccc(-c5ccccn5)c4)cc(c31)Oc1cc(-c3ccccc3)ccc12. The van der Waals surface area contributed by atoms with Crippen molar-refractivity contribution in [2.45, 2.75) is 0 Å². The number of nitrogens with zero attached hydrogens (tertiary/aromatic N) is 1. The van der Waals surface area contributed by atoms with Crippen LogP contribution in [0.3, 0.4) is 0 Å². The molecule has 0 saturated heterocycles. The Kier molecular flexibility index (Phi) is 6.06. The molecule has 0 spiro atoms. The molecule has 5 heteroatoms. The number of hydrogen-bond donors (Lipinski definition) is 0. The zero-order valence-corrected chi connectivity index (χ0v) is 25.5. The van der Waals surface area contributed by atoms with Gasteiger partial charge in [0.15, 0.2) is 7.14 Å². The van der Waals surface area contributed by atoms with Crippen molar-refractivity contribution >= 4 is 23.1 Å². The summed E-state index contributed by atoms with van der Waals surface area (Å²) in [5.74, 6) is 2.30. The van der Waals surface area contributed by atoms with E-state index in [0.29, 0.717) is 38.9 Å². The third-order valence-corrected chi connectivity index (χ3v) is 11.9. The molecule has 0 unspecified atom stereocenters. The average molecular weight is 612 g/mol. The van der Waals surface area contributed by atoms with Crippen molar-refractivity contribution in [1.29, 1.82) is 0 Å². The summed E-state index contributed by atoms with van der Waals surface area (Å²) in [7, 11) is -3.37. The number of ether oxygens (including phenoxy) is 2. The van der Waals surface area contributed by atoms with E-state index >= 15 is 4.57 Å². The van der Waals surface area contributed by atoms with E-state index in [9.17, 15) is 0 Å². The fourth-order valence-corrected chi connectivity index (χ4v) is 9.54. The summed E-state index contributed by atoms with van der Waals surface area (Å²) in [6.45, 7) is 0. The molecule has 0 radical (unpaired) electrons. The highest BCUT2D eigenvalue weighted by atomic mass is 31.2. The van der Waals surface area contributed by atoms with Crippen molar-refractivity contribution in [3.63, 3.8) is 0 Å². The van der Waals surface area contributed by atoms with Gasteiger partial charge >= 0.3 is 0 Å². The molecule has 1 aromatic heterocycles. The maximum absolute atomic E-state index is 15.8. The van der Waals surface area contributed by atoms with Gasteiger partial charge in [0.25, 0.3) is 0 Å². The molecule has 0 aliphatic carbocycles. The van der Waals surface area contributed by atoms with Crippen LogP contribution in [0.4, 0.5) is 0 Å². The Bertz CT molecular complexity index is 2220. The maximum atomic E-state index is 15.8. The summed E-state index contributed by atoms with van der Waals surface area (Å²) >= 11 is 0. The van der Waals surface area contributed by atoms with Crippen LogP contribution in [0.25, 0.3) is 44.6 Å². The minimum atomic E-state index is -3.37. The lowest BCUT2D eigenvalue weighted by Crippen LogP contribution is -2.35. The number of hydrogen-bond acceptors (Lipinski definition) is 4. The Morgan fingerprint density at radius 1 is 0.413 bits per heavy atom. The van der Waals surface area contributed by atoms with E-state index in [1.807, 2.05) is 109 Å². The van der Waals surface area contributed by atoms with Crippen LogP contribution in [-0.2, 0) is 4.57 Å². The van der Waals surface area contributed by atoms with Gasteiger partial charge in [-0.25, -0.2) is 0 Å². The Morgan fingerprint density at radius 3 is 1.48 bits per heavy atom. The van der Waals surface area contributed by atoms with Gasteiger partial charge in [0.05, 0.1) is 16.3 Å². The molecule has 46 heavy (non-hydrogen) atoms. The molecule has 0 saturated carbocycles. The molecule has 218 valence electrons. The van der Waals surface area contributed by atoms with Crippen LogP contribution < -0.4 is 25.4 Å². The fraction of sp³-hybridized carbons (Fsp3) is 0. The Morgan fingerprint density at radius 2 is 0.913 bits per heavy atom. The topological polar surface area (TPSA) is 48.4 Å². The van der Waals surface area contributed by atoms with Crippen LogP contribution in [0.2, 0.25) is 0 Å².